The third-order valence-electron chi connectivity index (χ3n) is 1.16. The van der Waals surface area contributed by atoms with E-state index < -0.39 is 0 Å². The van der Waals surface area contributed by atoms with E-state index in [4.69, 9.17) is 16.2 Å². The Balaban J connectivity index is 3.13. The minimum atomic E-state index is -0.215. The number of rotatable bonds is 2. The summed E-state index contributed by atoms with van der Waals surface area (Å²) >= 11 is 0. The Morgan fingerprint density at radius 1 is 1.67 bits per heavy atom. The SMILES string of the molecule is N/C(=N\O)c1ccnnc1OO. The summed E-state index contributed by atoms with van der Waals surface area (Å²) in [5, 5.41) is 26.0. The fourth-order valence-corrected chi connectivity index (χ4v) is 0.635. The molecule has 0 fully saturated rings. The predicted octanol–water partition coefficient (Wildman–Crippen LogP) is -0.577. The summed E-state index contributed by atoms with van der Waals surface area (Å²) in [7, 11) is 0. The van der Waals surface area contributed by atoms with Crippen LogP contribution in [0.5, 0.6) is 5.88 Å². The molecule has 64 valence electrons. The molecule has 0 aliphatic carbocycles. The number of hydrogen-bond donors (Lipinski definition) is 3. The molecule has 0 bridgehead atoms. The van der Waals surface area contributed by atoms with Crippen molar-refractivity contribution in [1.29, 1.82) is 0 Å². The molecule has 7 heteroatoms. The van der Waals surface area contributed by atoms with Gasteiger partial charge in [0.05, 0.1) is 11.8 Å². The molecule has 0 atom stereocenters. The molecule has 4 N–H and O–H groups in total. The summed E-state index contributed by atoms with van der Waals surface area (Å²) in [5.74, 6) is -0.429. The molecule has 0 aliphatic rings. The van der Waals surface area contributed by atoms with Crippen LogP contribution in [0, 0.1) is 0 Å². The molecule has 7 nitrogen and oxygen atoms in total. The topological polar surface area (TPSA) is 114 Å². The van der Waals surface area contributed by atoms with Gasteiger partial charge < -0.3 is 15.8 Å². The van der Waals surface area contributed by atoms with Crippen LogP contribution >= 0.6 is 0 Å². The third kappa shape index (κ3) is 1.40. The van der Waals surface area contributed by atoms with Crippen LogP contribution in [-0.2, 0) is 0 Å². The number of aromatic nitrogens is 2. The Morgan fingerprint density at radius 2 is 2.42 bits per heavy atom. The Kier molecular flexibility index (Phi) is 2.38. The molecular weight excluding hydrogens is 164 g/mol. The van der Waals surface area contributed by atoms with E-state index in [2.05, 4.69) is 20.2 Å². The van der Waals surface area contributed by atoms with Crippen LogP contribution in [0.3, 0.4) is 0 Å². The van der Waals surface area contributed by atoms with Gasteiger partial charge in [-0.05, 0) is 6.07 Å². The van der Waals surface area contributed by atoms with E-state index in [9.17, 15) is 0 Å². The fraction of sp³-hybridized carbons (Fsp3) is 0. The van der Waals surface area contributed by atoms with Gasteiger partial charge in [0.2, 0.25) is 0 Å². The maximum Gasteiger partial charge on any atom is 0.285 e. The summed E-state index contributed by atoms with van der Waals surface area (Å²) in [6.07, 6.45) is 1.32. The van der Waals surface area contributed by atoms with Gasteiger partial charge in [-0.15, -0.1) is 5.10 Å². The normalized spacial score (nSPS) is 11.2. The zero-order chi connectivity index (χ0) is 8.97. The van der Waals surface area contributed by atoms with E-state index in [-0.39, 0.29) is 17.3 Å². The highest BCUT2D eigenvalue weighted by atomic mass is 17.1. The Morgan fingerprint density at radius 3 is 3.00 bits per heavy atom. The molecule has 0 aromatic carbocycles. The molecule has 0 amide bonds. The number of amidine groups is 1. The lowest BCUT2D eigenvalue weighted by molar-refractivity contribution is -0.142. The van der Waals surface area contributed by atoms with E-state index in [0.717, 1.165) is 0 Å². The maximum absolute atomic E-state index is 8.29. The Bertz CT molecular complexity index is 300. The minimum absolute atomic E-state index is 0.162. The van der Waals surface area contributed by atoms with Crippen molar-refractivity contribution in [3.8, 4) is 5.88 Å². The van der Waals surface area contributed by atoms with Crippen molar-refractivity contribution >= 4 is 5.84 Å². The van der Waals surface area contributed by atoms with Crippen molar-refractivity contribution in [3.63, 3.8) is 0 Å². The van der Waals surface area contributed by atoms with Gasteiger partial charge >= 0.3 is 0 Å². The standard InChI is InChI=1S/C5H6N4O3/c6-4(9-10)3-1-2-7-8-5(3)12-11/h1-2,10-11H,(H2,6,9). The second-order valence-electron chi connectivity index (χ2n) is 1.83. The zero-order valence-corrected chi connectivity index (χ0v) is 5.88. The highest BCUT2D eigenvalue weighted by Gasteiger charge is 2.09. The van der Waals surface area contributed by atoms with Gasteiger partial charge in [-0.1, -0.05) is 5.16 Å². The van der Waals surface area contributed by atoms with Gasteiger partial charge in [-0.3, -0.25) is 0 Å². The van der Waals surface area contributed by atoms with Gasteiger partial charge in [-0.25, -0.2) is 5.26 Å². The van der Waals surface area contributed by atoms with Crippen molar-refractivity contribution < 1.29 is 15.4 Å². The number of hydrogen-bond acceptors (Lipinski definition) is 6. The quantitative estimate of drug-likeness (QED) is 0.180. The van der Waals surface area contributed by atoms with Crippen LogP contribution in [0.2, 0.25) is 0 Å². The zero-order valence-electron chi connectivity index (χ0n) is 5.88. The van der Waals surface area contributed by atoms with Crippen LogP contribution in [0.25, 0.3) is 0 Å². The molecular formula is C5H6N4O3. The first-order valence-corrected chi connectivity index (χ1v) is 2.90. The summed E-state index contributed by atoms with van der Waals surface area (Å²) in [5.41, 5.74) is 5.37. The molecule has 0 spiro atoms. The molecule has 0 saturated heterocycles. The van der Waals surface area contributed by atoms with E-state index >= 15 is 0 Å². The van der Waals surface area contributed by atoms with Gasteiger partial charge in [0.25, 0.3) is 5.88 Å². The van der Waals surface area contributed by atoms with E-state index in [1.165, 1.54) is 12.3 Å². The first kappa shape index (κ1) is 8.21. The summed E-state index contributed by atoms with van der Waals surface area (Å²) < 4.78 is 0. The van der Waals surface area contributed by atoms with Gasteiger partial charge in [0.1, 0.15) is 0 Å². The average molecular weight is 170 g/mol. The first-order chi connectivity index (χ1) is 5.79. The van der Waals surface area contributed by atoms with Crippen molar-refractivity contribution in [2.45, 2.75) is 0 Å². The lowest BCUT2D eigenvalue weighted by atomic mass is 10.3. The molecule has 1 aromatic rings. The van der Waals surface area contributed by atoms with Crippen LogP contribution in [-0.4, -0.2) is 26.5 Å². The molecule has 0 radical (unpaired) electrons. The molecule has 1 rings (SSSR count). The molecule has 1 heterocycles. The molecule has 0 unspecified atom stereocenters. The van der Waals surface area contributed by atoms with E-state index in [1.54, 1.807) is 0 Å². The summed E-state index contributed by atoms with van der Waals surface area (Å²) in [6, 6.07) is 1.38. The van der Waals surface area contributed by atoms with Gasteiger partial charge in [0.15, 0.2) is 5.84 Å². The largest absolute Gasteiger partial charge is 0.409 e. The molecule has 0 aliphatic heterocycles. The van der Waals surface area contributed by atoms with Gasteiger partial charge in [-0.2, -0.15) is 5.10 Å². The smallest absolute Gasteiger partial charge is 0.285 e. The van der Waals surface area contributed by atoms with Crippen LogP contribution in [0.4, 0.5) is 0 Å². The number of oxime groups is 1. The van der Waals surface area contributed by atoms with Gasteiger partial charge in [0, 0.05) is 0 Å². The van der Waals surface area contributed by atoms with Crippen molar-refractivity contribution in [3.05, 3.63) is 17.8 Å². The molecule has 1 aromatic heterocycles. The Labute approximate surface area is 67.0 Å². The fourth-order valence-electron chi connectivity index (χ4n) is 0.635. The van der Waals surface area contributed by atoms with Crippen molar-refractivity contribution in [1.82, 2.24) is 10.2 Å². The highest BCUT2D eigenvalue weighted by Crippen LogP contribution is 2.10. The Hall–Kier alpha value is -1.89. The van der Waals surface area contributed by atoms with E-state index in [0.29, 0.717) is 0 Å². The summed E-state index contributed by atoms with van der Waals surface area (Å²) in [6.45, 7) is 0. The van der Waals surface area contributed by atoms with Crippen molar-refractivity contribution in [2.24, 2.45) is 10.9 Å². The van der Waals surface area contributed by atoms with Crippen LogP contribution in [0.1, 0.15) is 5.56 Å². The molecule has 12 heavy (non-hydrogen) atoms. The average Bonchev–Trinajstić information content (AvgIpc) is 2.16. The number of nitrogens with zero attached hydrogens (tertiary/aromatic N) is 3. The monoisotopic (exact) mass is 170 g/mol. The predicted molar refractivity (Wildman–Crippen MR) is 37.8 cm³/mol. The third-order valence-corrected chi connectivity index (χ3v) is 1.16. The first-order valence-electron chi connectivity index (χ1n) is 2.90. The second kappa shape index (κ2) is 3.49. The van der Waals surface area contributed by atoms with Crippen LogP contribution in [0.15, 0.2) is 17.4 Å². The van der Waals surface area contributed by atoms with Crippen LogP contribution < -0.4 is 10.6 Å². The van der Waals surface area contributed by atoms with Crippen molar-refractivity contribution in [2.75, 3.05) is 0 Å². The lowest BCUT2D eigenvalue weighted by Gasteiger charge is -2.00. The second-order valence-corrected chi connectivity index (χ2v) is 1.83. The highest BCUT2D eigenvalue weighted by molar-refractivity contribution is 5.98. The molecule has 0 saturated carbocycles. The minimum Gasteiger partial charge on any atom is -0.409 e. The number of nitrogens with two attached hydrogens (primary N) is 1. The maximum atomic E-state index is 8.29. The lowest BCUT2D eigenvalue weighted by Crippen LogP contribution is -2.15. The summed E-state index contributed by atoms with van der Waals surface area (Å²) in [4.78, 5) is 3.82. The van der Waals surface area contributed by atoms with E-state index in [1.807, 2.05) is 0 Å².